The summed E-state index contributed by atoms with van der Waals surface area (Å²) in [6.45, 7) is 4.15. The minimum absolute atomic E-state index is 0.0413. The predicted octanol–water partition coefficient (Wildman–Crippen LogP) is -3.06. The number of carboxylic acid groups (broad SMARTS) is 10. The standard InChI is InChI=1S/C8H18O5.5C4H4O4.C3H8O2/c9-1-3-11-5-7-13-8-6-12-4-2-10;5*5-3(6)1-2-4(7)8;1-3(5)2-4/h9-10H,1-8H2;5*1-2H,(H,5,6)(H,7,8);3-5H,2H2,1H3/b;5*2-1-;. The molecule has 1 unspecified atom stereocenters. The molecule has 0 aromatic rings. The smallest absolute Gasteiger partial charge is 0.328 e. The van der Waals surface area contributed by atoms with Crippen molar-refractivity contribution in [2.75, 3.05) is 59.5 Å². The summed E-state index contributed by atoms with van der Waals surface area (Å²) >= 11 is 0. The number of carboxylic acids is 10. The van der Waals surface area contributed by atoms with Gasteiger partial charge in [-0.2, -0.15) is 0 Å². The van der Waals surface area contributed by atoms with E-state index >= 15 is 0 Å². The summed E-state index contributed by atoms with van der Waals surface area (Å²) < 4.78 is 15.0. The third-order valence-electron chi connectivity index (χ3n) is 3.32. The number of aliphatic carboxylic acids is 10. The monoisotopic (exact) mass is 850 g/mol. The fraction of sp³-hybridized carbons (Fsp3) is 0.355. The van der Waals surface area contributed by atoms with Crippen LogP contribution in [0.4, 0.5) is 0 Å². The number of aliphatic hydroxyl groups is 4. The largest absolute Gasteiger partial charge is 0.478 e. The summed E-state index contributed by atoms with van der Waals surface area (Å²) in [5.74, 6) is -12.6. The summed E-state index contributed by atoms with van der Waals surface area (Å²) in [5, 5.41) is 111. The van der Waals surface area contributed by atoms with Crippen molar-refractivity contribution in [3.8, 4) is 0 Å². The molecule has 27 heteroatoms. The van der Waals surface area contributed by atoms with Gasteiger partial charge >= 0.3 is 59.7 Å². The molecule has 0 saturated carbocycles. The van der Waals surface area contributed by atoms with Gasteiger partial charge in [0.15, 0.2) is 0 Å². The second-order valence-electron chi connectivity index (χ2n) is 8.36. The Balaban J connectivity index is -0.000000106. The highest BCUT2D eigenvalue weighted by atomic mass is 16.5. The van der Waals surface area contributed by atoms with Crippen LogP contribution < -0.4 is 0 Å². The van der Waals surface area contributed by atoms with Gasteiger partial charge in [0, 0.05) is 60.8 Å². The van der Waals surface area contributed by atoms with E-state index in [2.05, 4.69) is 0 Å². The van der Waals surface area contributed by atoms with Gasteiger partial charge in [-0.05, 0) is 6.92 Å². The highest BCUT2D eigenvalue weighted by Crippen LogP contribution is 1.80. The summed E-state index contributed by atoms with van der Waals surface area (Å²) in [6.07, 6.45) is 5.02. The van der Waals surface area contributed by atoms with Crippen LogP contribution in [-0.2, 0) is 62.2 Å². The second-order valence-corrected chi connectivity index (χ2v) is 8.36. The van der Waals surface area contributed by atoms with Crippen LogP contribution in [0, 0.1) is 0 Å². The summed E-state index contributed by atoms with van der Waals surface area (Å²) in [7, 11) is 0. The normalized spacial score (nSPS) is 10.2. The average molecular weight is 851 g/mol. The van der Waals surface area contributed by atoms with Crippen LogP contribution in [0.3, 0.4) is 0 Å². The quantitative estimate of drug-likeness (QED) is 0.0403. The lowest BCUT2D eigenvalue weighted by molar-refractivity contribution is -0.134. The molecular formula is C31H46O27. The van der Waals surface area contributed by atoms with Crippen molar-refractivity contribution >= 4 is 59.7 Å². The van der Waals surface area contributed by atoms with Crippen LogP contribution in [0.2, 0.25) is 0 Å². The first-order valence-electron chi connectivity index (χ1n) is 14.8. The molecule has 0 rings (SSSR count). The third kappa shape index (κ3) is 125. The van der Waals surface area contributed by atoms with E-state index in [1.807, 2.05) is 0 Å². The van der Waals surface area contributed by atoms with Crippen molar-refractivity contribution in [3.05, 3.63) is 60.8 Å². The van der Waals surface area contributed by atoms with E-state index in [4.69, 9.17) is 85.7 Å². The minimum atomic E-state index is -1.26. The van der Waals surface area contributed by atoms with Crippen molar-refractivity contribution in [1.29, 1.82) is 0 Å². The molecule has 0 aromatic carbocycles. The van der Waals surface area contributed by atoms with Gasteiger partial charge in [0.2, 0.25) is 0 Å². The van der Waals surface area contributed by atoms with E-state index in [-0.39, 0.29) is 19.8 Å². The Morgan fingerprint density at radius 3 is 0.552 bits per heavy atom. The first-order chi connectivity index (χ1) is 26.8. The summed E-state index contributed by atoms with van der Waals surface area (Å²) in [4.78, 5) is 95.5. The molecule has 1 atom stereocenters. The van der Waals surface area contributed by atoms with Gasteiger partial charge in [-0.1, -0.05) is 0 Å². The topological polar surface area (TPSA) is 482 Å². The Labute approximate surface area is 326 Å². The van der Waals surface area contributed by atoms with Crippen molar-refractivity contribution in [2.24, 2.45) is 0 Å². The molecule has 0 aliphatic rings. The zero-order valence-corrected chi connectivity index (χ0v) is 30.3. The molecule has 0 saturated heterocycles. The zero-order valence-electron chi connectivity index (χ0n) is 30.3. The average Bonchev–Trinajstić information content (AvgIpc) is 3.11. The maximum Gasteiger partial charge on any atom is 0.328 e. The Bertz CT molecular complexity index is 1040. The van der Waals surface area contributed by atoms with E-state index < -0.39 is 65.8 Å². The Hall–Kier alpha value is -6.88. The number of rotatable bonds is 21. The zero-order chi connectivity index (χ0) is 46.9. The molecule has 0 aromatic heterocycles. The van der Waals surface area contributed by atoms with E-state index in [1.54, 1.807) is 0 Å². The van der Waals surface area contributed by atoms with Crippen molar-refractivity contribution in [3.63, 3.8) is 0 Å². The third-order valence-corrected chi connectivity index (χ3v) is 3.32. The van der Waals surface area contributed by atoms with Gasteiger partial charge in [-0.15, -0.1) is 0 Å². The van der Waals surface area contributed by atoms with E-state index in [9.17, 15) is 47.9 Å². The molecular weight excluding hydrogens is 804 g/mol. The van der Waals surface area contributed by atoms with E-state index in [0.29, 0.717) is 100 Å². The highest BCUT2D eigenvalue weighted by Gasteiger charge is 1.92. The molecule has 0 heterocycles. The van der Waals surface area contributed by atoms with Gasteiger partial charge in [0.25, 0.3) is 0 Å². The Morgan fingerprint density at radius 1 is 0.345 bits per heavy atom. The molecule has 0 aliphatic carbocycles. The fourth-order valence-electron chi connectivity index (χ4n) is 1.38. The lowest BCUT2D eigenvalue weighted by Gasteiger charge is -2.04. The molecule has 0 amide bonds. The number of ether oxygens (including phenoxy) is 3. The molecule has 27 nitrogen and oxygen atoms in total. The molecule has 0 aliphatic heterocycles. The van der Waals surface area contributed by atoms with Crippen LogP contribution in [-0.4, -0.2) is 197 Å². The van der Waals surface area contributed by atoms with Crippen LogP contribution in [0.25, 0.3) is 0 Å². The predicted molar refractivity (Wildman–Crippen MR) is 187 cm³/mol. The Morgan fingerprint density at radius 2 is 0.466 bits per heavy atom. The van der Waals surface area contributed by atoms with Gasteiger partial charge in [-0.3, -0.25) is 0 Å². The first kappa shape index (κ1) is 66.0. The van der Waals surface area contributed by atoms with Crippen molar-refractivity contribution in [1.82, 2.24) is 0 Å². The van der Waals surface area contributed by atoms with Crippen LogP contribution in [0.5, 0.6) is 0 Å². The number of carbonyl (C=O) groups is 10. The molecule has 0 bridgehead atoms. The molecule has 332 valence electrons. The molecule has 58 heavy (non-hydrogen) atoms. The van der Waals surface area contributed by atoms with Crippen LogP contribution in [0.15, 0.2) is 60.8 Å². The maximum absolute atomic E-state index is 9.55. The van der Waals surface area contributed by atoms with Crippen molar-refractivity contribution in [2.45, 2.75) is 13.0 Å². The second kappa shape index (κ2) is 52.2. The molecule has 0 spiro atoms. The van der Waals surface area contributed by atoms with Gasteiger partial charge in [0.1, 0.15) is 0 Å². The summed E-state index contributed by atoms with van der Waals surface area (Å²) in [6, 6.07) is 0. The Kier molecular flexibility index (Phi) is 59.4. The first-order valence-corrected chi connectivity index (χ1v) is 14.8. The number of hydrogen-bond donors (Lipinski definition) is 14. The van der Waals surface area contributed by atoms with Crippen molar-refractivity contribution < 1.29 is 134 Å². The highest BCUT2D eigenvalue weighted by molar-refractivity contribution is 5.91. The number of hydrogen-bond acceptors (Lipinski definition) is 17. The van der Waals surface area contributed by atoms with E-state index in [0.717, 1.165) is 0 Å². The molecule has 14 N–H and O–H groups in total. The molecule has 0 radical (unpaired) electrons. The van der Waals surface area contributed by atoms with Gasteiger partial charge in [0.05, 0.1) is 65.6 Å². The van der Waals surface area contributed by atoms with Crippen LogP contribution in [0.1, 0.15) is 6.92 Å². The maximum atomic E-state index is 9.55. The fourth-order valence-corrected chi connectivity index (χ4v) is 1.38. The molecule has 0 fully saturated rings. The van der Waals surface area contributed by atoms with Gasteiger partial charge in [-0.25, -0.2) is 47.9 Å². The van der Waals surface area contributed by atoms with E-state index in [1.165, 1.54) is 6.92 Å². The lowest BCUT2D eigenvalue weighted by Crippen LogP contribution is -2.11. The SMILES string of the molecule is CC(O)CO.O=C(O)/C=C\C(=O)O.O=C(O)/C=C\C(=O)O.O=C(O)/C=C\C(=O)O.O=C(O)/C=C\C(=O)O.O=C(O)/C=C\C(=O)O.OCCOCCOCCOCCO. The van der Waals surface area contributed by atoms with Gasteiger partial charge < -0.3 is 85.7 Å². The summed E-state index contributed by atoms with van der Waals surface area (Å²) in [5.41, 5.74) is 0. The minimum Gasteiger partial charge on any atom is -0.478 e. The number of aliphatic hydroxyl groups excluding tert-OH is 4. The van der Waals surface area contributed by atoms with Crippen LogP contribution >= 0.6 is 0 Å². The lowest BCUT2D eigenvalue weighted by atomic mass is 10.5.